The molecule has 0 fully saturated rings. The van der Waals surface area contributed by atoms with Crippen LogP contribution in [0.5, 0.6) is 0 Å². The van der Waals surface area contributed by atoms with Gasteiger partial charge in [-0.3, -0.25) is 4.79 Å². The summed E-state index contributed by atoms with van der Waals surface area (Å²) in [7, 11) is 0. The Bertz CT molecular complexity index is 192. The van der Waals surface area contributed by atoms with Crippen LogP contribution < -0.4 is 11.1 Å². The van der Waals surface area contributed by atoms with E-state index in [4.69, 9.17) is 18.0 Å². The van der Waals surface area contributed by atoms with Crippen molar-refractivity contribution in [2.75, 3.05) is 0 Å². The second-order valence-electron chi connectivity index (χ2n) is 3.44. The van der Waals surface area contributed by atoms with Gasteiger partial charge >= 0.3 is 0 Å². The first-order chi connectivity index (χ1) is 5.97. The highest BCUT2D eigenvalue weighted by molar-refractivity contribution is 7.80. The average molecular weight is 202 g/mol. The maximum absolute atomic E-state index is 11.3. The zero-order valence-corrected chi connectivity index (χ0v) is 9.28. The monoisotopic (exact) mass is 202 g/mol. The number of hydrogen-bond donors (Lipinski definition) is 2. The molecule has 3 nitrogen and oxygen atoms in total. The van der Waals surface area contributed by atoms with E-state index in [-0.39, 0.29) is 17.9 Å². The summed E-state index contributed by atoms with van der Waals surface area (Å²) in [6, 6.07) is 0.0902. The summed E-state index contributed by atoms with van der Waals surface area (Å²) in [4.78, 5) is 11.8. The van der Waals surface area contributed by atoms with Crippen molar-refractivity contribution >= 4 is 23.1 Å². The van der Waals surface area contributed by atoms with Crippen LogP contribution in [0.3, 0.4) is 0 Å². The Labute approximate surface area is 85.1 Å². The second kappa shape index (κ2) is 5.91. The van der Waals surface area contributed by atoms with Crippen molar-refractivity contribution in [3.63, 3.8) is 0 Å². The van der Waals surface area contributed by atoms with Crippen molar-refractivity contribution < 1.29 is 4.79 Å². The molecule has 0 spiro atoms. The van der Waals surface area contributed by atoms with Crippen LogP contribution in [0.15, 0.2) is 0 Å². The maximum atomic E-state index is 11.3. The van der Waals surface area contributed by atoms with Crippen molar-refractivity contribution in [2.24, 2.45) is 11.7 Å². The van der Waals surface area contributed by atoms with Gasteiger partial charge in [0.25, 0.3) is 0 Å². The average Bonchev–Trinajstić information content (AvgIpc) is 2.02. The fourth-order valence-corrected chi connectivity index (χ4v) is 1.11. The first-order valence-electron chi connectivity index (χ1n) is 4.56. The predicted octanol–water partition coefficient (Wildman–Crippen LogP) is 1.21. The number of nitrogens with one attached hydrogen (secondary N) is 1. The predicted molar refractivity (Wildman–Crippen MR) is 58.5 cm³/mol. The van der Waals surface area contributed by atoms with Crippen LogP contribution in [0.2, 0.25) is 0 Å². The molecular formula is C9H18N2OS. The summed E-state index contributed by atoms with van der Waals surface area (Å²) >= 11 is 4.78. The highest BCUT2D eigenvalue weighted by Crippen LogP contribution is 2.00. The normalized spacial score (nSPS) is 12.6. The molecule has 4 heteroatoms. The number of hydrogen-bond acceptors (Lipinski definition) is 2. The van der Waals surface area contributed by atoms with E-state index >= 15 is 0 Å². The molecule has 0 heterocycles. The van der Waals surface area contributed by atoms with Gasteiger partial charge in [-0.1, -0.05) is 33.0 Å². The molecule has 0 aromatic carbocycles. The Morgan fingerprint density at radius 3 is 2.38 bits per heavy atom. The van der Waals surface area contributed by atoms with Gasteiger partial charge in [-0.05, 0) is 6.42 Å². The summed E-state index contributed by atoms with van der Waals surface area (Å²) in [6.45, 7) is 5.73. The van der Waals surface area contributed by atoms with Crippen molar-refractivity contribution in [2.45, 2.75) is 39.7 Å². The van der Waals surface area contributed by atoms with Gasteiger partial charge in [-0.15, -0.1) is 0 Å². The molecule has 1 unspecified atom stereocenters. The van der Waals surface area contributed by atoms with E-state index in [9.17, 15) is 4.79 Å². The topological polar surface area (TPSA) is 55.1 Å². The second-order valence-corrected chi connectivity index (χ2v) is 3.96. The third-order valence-corrected chi connectivity index (χ3v) is 1.98. The summed E-state index contributed by atoms with van der Waals surface area (Å²) < 4.78 is 0. The van der Waals surface area contributed by atoms with Gasteiger partial charge in [-0.25, -0.2) is 0 Å². The molecule has 0 bridgehead atoms. The van der Waals surface area contributed by atoms with Gasteiger partial charge in [0.2, 0.25) is 5.91 Å². The Balaban J connectivity index is 3.97. The summed E-state index contributed by atoms with van der Waals surface area (Å²) in [5.41, 5.74) is 5.40. The van der Waals surface area contributed by atoms with Gasteiger partial charge in [0.15, 0.2) is 0 Å². The lowest BCUT2D eigenvalue weighted by Crippen LogP contribution is -2.39. The Morgan fingerprint density at radius 2 is 2.08 bits per heavy atom. The molecule has 0 rings (SSSR count). The molecular weight excluding hydrogens is 184 g/mol. The first-order valence-corrected chi connectivity index (χ1v) is 4.96. The quantitative estimate of drug-likeness (QED) is 0.659. The van der Waals surface area contributed by atoms with Crippen molar-refractivity contribution in [3.05, 3.63) is 0 Å². The lowest BCUT2D eigenvalue weighted by molar-refractivity contribution is -0.124. The SMILES string of the molecule is CCC(CC(N)=S)NC(=O)C(C)C. The van der Waals surface area contributed by atoms with E-state index in [0.29, 0.717) is 11.4 Å². The zero-order chi connectivity index (χ0) is 10.4. The number of rotatable bonds is 5. The molecule has 0 saturated carbocycles. The lowest BCUT2D eigenvalue weighted by atomic mass is 10.1. The molecule has 0 aromatic heterocycles. The van der Waals surface area contributed by atoms with Gasteiger partial charge < -0.3 is 11.1 Å². The molecule has 1 amide bonds. The summed E-state index contributed by atoms with van der Waals surface area (Å²) in [5.74, 6) is 0.0727. The number of carbonyl (C=O) groups excluding carboxylic acids is 1. The number of amides is 1. The van der Waals surface area contributed by atoms with E-state index in [2.05, 4.69) is 5.32 Å². The highest BCUT2D eigenvalue weighted by Gasteiger charge is 2.13. The van der Waals surface area contributed by atoms with E-state index in [0.717, 1.165) is 6.42 Å². The molecule has 3 N–H and O–H groups in total. The number of nitrogens with two attached hydrogens (primary N) is 1. The van der Waals surface area contributed by atoms with Crippen molar-refractivity contribution in [1.29, 1.82) is 0 Å². The largest absolute Gasteiger partial charge is 0.393 e. The van der Waals surface area contributed by atoms with Gasteiger partial charge in [-0.2, -0.15) is 0 Å². The molecule has 0 aromatic rings. The molecule has 0 aliphatic carbocycles. The minimum atomic E-state index is 0.0143. The van der Waals surface area contributed by atoms with Crippen LogP contribution in [0, 0.1) is 5.92 Å². The van der Waals surface area contributed by atoms with E-state index in [1.54, 1.807) is 0 Å². The lowest BCUT2D eigenvalue weighted by Gasteiger charge is -2.17. The first kappa shape index (κ1) is 12.4. The van der Waals surface area contributed by atoms with Crippen LogP contribution in [0.4, 0.5) is 0 Å². The van der Waals surface area contributed by atoms with E-state index in [1.165, 1.54) is 0 Å². The Morgan fingerprint density at radius 1 is 1.54 bits per heavy atom. The smallest absolute Gasteiger partial charge is 0.222 e. The standard InChI is InChI=1S/C9H18N2OS/c1-4-7(5-8(10)13)11-9(12)6(2)3/h6-7H,4-5H2,1-3H3,(H2,10,13)(H,11,12). The minimum Gasteiger partial charge on any atom is -0.393 e. The van der Waals surface area contributed by atoms with Crippen LogP contribution in [0.25, 0.3) is 0 Å². The number of thiocarbonyl (C=S) groups is 1. The highest BCUT2D eigenvalue weighted by atomic mass is 32.1. The number of carbonyl (C=O) groups is 1. The van der Waals surface area contributed by atoms with Crippen LogP contribution in [0.1, 0.15) is 33.6 Å². The van der Waals surface area contributed by atoms with Gasteiger partial charge in [0.1, 0.15) is 0 Å². The molecule has 0 saturated heterocycles. The minimum absolute atomic E-state index is 0.0143. The van der Waals surface area contributed by atoms with Crippen LogP contribution >= 0.6 is 12.2 Å². The zero-order valence-electron chi connectivity index (χ0n) is 8.46. The third-order valence-electron chi connectivity index (χ3n) is 1.81. The Kier molecular flexibility index (Phi) is 5.62. The maximum Gasteiger partial charge on any atom is 0.222 e. The van der Waals surface area contributed by atoms with Gasteiger partial charge in [0.05, 0.1) is 4.99 Å². The fourth-order valence-electron chi connectivity index (χ4n) is 0.908. The van der Waals surface area contributed by atoms with Crippen LogP contribution in [-0.4, -0.2) is 16.9 Å². The molecule has 76 valence electrons. The van der Waals surface area contributed by atoms with Crippen LogP contribution in [-0.2, 0) is 4.79 Å². The molecule has 1 atom stereocenters. The van der Waals surface area contributed by atoms with Crippen molar-refractivity contribution in [1.82, 2.24) is 5.32 Å². The summed E-state index contributed by atoms with van der Waals surface area (Å²) in [6.07, 6.45) is 1.44. The molecule has 0 aliphatic rings. The molecule has 0 radical (unpaired) electrons. The Hall–Kier alpha value is -0.640. The fraction of sp³-hybridized carbons (Fsp3) is 0.778. The molecule has 13 heavy (non-hydrogen) atoms. The van der Waals surface area contributed by atoms with Gasteiger partial charge in [0, 0.05) is 18.4 Å². The van der Waals surface area contributed by atoms with Crippen molar-refractivity contribution in [3.8, 4) is 0 Å². The third kappa shape index (κ3) is 5.58. The van der Waals surface area contributed by atoms with E-state index in [1.807, 2.05) is 20.8 Å². The van der Waals surface area contributed by atoms with E-state index < -0.39 is 0 Å². The summed E-state index contributed by atoms with van der Waals surface area (Å²) in [5, 5.41) is 2.89. The molecule has 0 aliphatic heterocycles.